The van der Waals surface area contributed by atoms with Gasteiger partial charge in [0.25, 0.3) is 0 Å². The summed E-state index contributed by atoms with van der Waals surface area (Å²) >= 11 is 0. The van der Waals surface area contributed by atoms with Gasteiger partial charge in [0.2, 0.25) is 5.76 Å². The minimum absolute atomic E-state index is 0.380. The number of hydrogen-bond acceptors (Lipinski definition) is 3. The smallest absolute Gasteiger partial charge is 0.209 e. The number of nitriles is 1. The number of nitrogens with zero attached hydrogens (tertiary/aromatic N) is 1. The number of hydrogen-bond donors (Lipinski definition) is 1. The van der Waals surface area contributed by atoms with Crippen LogP contribution in [0.25, 0.3) is 11.0 Å². The third-order valence-electron chi connectivity index (χ3n) is 3.32. The fourth-order valence-electron chi connectivity index (χ4n) is 2.23. The second-order valence-corrected chi connectivity index (χ2v) is 4.74. The summed E-state index contributed by atoms with van der Waals surface area (Å²) < 4.78 is 5.55. The van der Waals surface area contributed by atoms with Crippen LogP contribution in [-0.2, 0) is 6.54 Å². The summed E-state index contributed by atoms with van der Waals surface area (Å²) in [7, 11) is 0. The molecule has 1 heterocycles. The first kappa shape index (κ1) is 12.3. The van der Waals surface area contributed by atoms with E-state index in [0.717, 1.165) is 22.2 Å². The Balaban J connectivity index is 1.90. The summed E-state index contributed by atoms with van der Waals surface area (Å²) in [4.78, 5) is 0. The average Bonchev–Trinajstić information content (AvgIpc) is 2.84. The zero-order valence-corrected chi connectivity index (χ0v) is 11.2. The van der Waals surface area contributed by atoms with Crippen molar-refractivity contribution < 1.29 is 4.42 Å². The van der Waals surface area contributed by atoms with Crippen LogP contribution in [0.4, 0.5) is 5.69 Å². The first-order valence-corrected chi connectivity index (χ1v) is 6.49. The van der Waals surface area contributed by atoms with Gasteiger partial charge >= 0.3 is 0 Å². The van der Waals surface area contributed by atoms with Gasteiger partial charge in [0.15, 0.2) is 0 Å². The molecule has 0 aliphatic rings. The van der Waals surface area contributed by atoms with Crippen LogP contribution in [0, 0.1) is 18.3 Å². The van der Waals surface area contributed by atoms with E-state index in [-0.39, 0.29) is 0 Å². The van der Waals surface area contributed by atoms with Crippen LogP contribution < -0.4 is 5.32 Å². The number of rotatable bonds is 3. The van der Waals surface area contributed by atoms with Gasteiger partial charge in [0.1, 0.15) is 11.7 Å². The third-order valence-corrected chi connectivity index (χ3v) is 3.32. The van der Waals surface area contributed by atoms with Crippen molar-refractivity contribution >= 4 is 16.7 Å². The summed E-state index contributed by atoms with van der Waals surface area (Å²) in [5.74, 6) is 0.380. The molecule has 0 radical (unpaired) electrons. The van der Waals surface area contributed by atoms with Gasteiger partial charge in [-0.2, -0.15) is 5.26 Å². The maximum atomic E-state index is 9.18. The summed E-state index contributed by atoms with van der Waals surface area (Å²) in [6.45, 7) is 2.63. The van der Waals surface area contributed by atoms with Crippen molar-refractivity contribution in [3.8, 4) is 6.07 Å². The number of para-hydroxylation sites is 1. The number of nitrogens with one attached hydrogen (secondary N) is 1. The summed E-state index contributed by atoms with van der Waals surface area (Å²) in [5.41, 5.74) is 3.92. The van der Waals surface area contributed by atoms with Crippen molar-refractivity contribution in [2.75, 3.05) is 5.32 Å². The van der Waals surface area contributed by atoms with Crippen LogP contribution in [0.5, 0.6) is 0 Å². The van der Waals surface area contributed by atoms with E-state index >= 15 is 0 Å². The highest BCUT2D eigenvalue weighted by Crippen LogP contribution is 2.26. The van der Waals surface area contributed by atoms with Crippen LogP contribution in [-0.4, -0.2) is 0 Å². The van der Waals surface area contributed by atoms with Crippen molar-refractivity contribution in [1.29, 1.82) is 5.26 Å². The van der Waals surface area contributed by atoms with E-state index in [1.807, 2.05) is 36.4 Å². The molecule has 3 aromatic rings. The molecule has 0 bridgehead atoms. The van der Waals surface area contributed by atoms with Gasteiger partial charge in [-0.15, -0.1) is 0 Å². The number of furan rings is 1. The van der Waals surface area contributed by atoms with Gasteiger partial charge in [-0.3, -0.25) is 0 Å². The lowest BCUT2D eigenvalue weighted by Gasteiger charge is -2.05. The standard InChI is InChI=1S/C17H14N2O/c1-12-6-8-13(9-7-12)19-11-15-14-4-2-3-5-16(14)20-17(15)10-18/h2-9,19H,11H2,1H3. The summed E-state index contributed by atoms with van der Waals surface area (Å²) in [6.07, 6.45) is 0. The van der Waals surface area contributed by atoms with Crippen LogP contribution in [0.3, 0.4) is 0 Å². The maximum Gasteiger partial charge on any atom is 0.209 e. The molecule has 3 nitrogen and oxygen atoms in total. The number of anilines is 1. The molecule has 0 amide bonds. The Morgan fingerprint density at radius 2 is 1.85 bits per heavy atom. The Hall–Kier alpha value is -2.73. The fourth-order valence-corrected chi connectivity index (χ4v) is 2.23. The second-order valence-electron chi connectivity index (χ2n) is 4.74. The van der Waals surface area contributed by atoms with Gasteiger partial charge in [0.05, 0.1) is 0 Å². The SMILES string of the molecule is Cc1ccc(NCc2c(C#N)oc3ccccc23)cc1. The highest BCUT2D eigenvalue weighted by atomic mass is 16.3. The number of fused-ring (bicyclic) bond motifs is 1. The van der Waals surface area contributed by atoms with E-state index in [0.29, 0.717) is 12.3 Å². The fraction of sp³-hybridized carbons (Fsp3) is 0.118. The van der Waals surface area contributed by atoms with Gasteiger partial charge < -0.3 is 9.73 Å². The maximum absolute atomic E-state index is 9.18. The Labute approximate surface area is 117 Å². The van der Waals surface area contributed by atoms with Crippen molar-refractivity contribution in [2.45, 2.75) is 13.5 Å². The Kier molecular flexibility index (Phi) is 3.14. The zero-order chi connectivity index (χ0) is 13.9. The highest BCUT2D eigenvalue weighted by Gasteiger charge is 2.12. The van der Waals surface area contributed by atoms with E-state index in [4.69, 9.17) is 4.42 Å². The molecule has 1 aromatic heterocycles. The van der Waals surface area contributed by atoms with Crippen molar-refractivity contribution in [1.82, 2.24) is 0 Å². The molecule has 0 aliphatic carbocycles. The van der Waals surface area contributed by atoms with E-state index in [9.17, 15) is 5.26 Å². The molecule has 0 spiro atoms. The van der Waals surface area contributed by atoms with Crippen LogP contribution in [0.2, 0.25) is 0 Å². The van der Waals surface area contributed by atoms with Crippen LogP contribution in [0.15, 0.2) is 52.9 Å². The lowest BCUT2D eigenvalue weighted by molar-refractivity contribution is 0.594. The Morgan fingerprint density at radius 1 is 1.10 bits per heavy atom. The molecule has 0 fully saturated rings. The molecular weight excluding hydrogens is 248 g/mol. The average molecular weight is 262 g/mol. The molecule has 0 atom stereocenters. The van der Waals surface area contributed by atoms with E-state index in [2.05, 4.69) is 30.4 Å². The monoisotopic (exact) mass is 262 g/mol. The molecule has 20 heavy (non-hydrogen) atoms. The molecule has 98 valence electrons. The molecule has 0 saturated carbocycles. The van der Waals surface area contributed by atoms with Gasteiger partial charge in [-0.25, -0.2) is 0 Å². The molecule has 0 unspecified atom stereocenters. The predicted molar refractivity (Wildman–Crippen MR) is 79.4 cm³/mol. The van der Waals surface area contributed by atoms with E-state index in [1.165, 1.54) is 5.56 Å². The largest absolute Gasteiger partial charge is 0.445 e. The van der Waals surface area contributed by atoms with Crippen molar-refractivity contribution in [3.63, 3.8) is 0 Å². The van der Waals surface area contributed by atoms with Gasteiger partial charge in [-0.05, 0) is 25.1 Å². The molecule has 3 heteroatoms. The Bertz CT molecular complexity index is 779. The number of benzene rings is 2. The molecule has 0 aliphatic heterocycles. The normalized spacial score (nSPS) is 10.4. The lowest BCUT2D eigenvalue weighted by Crippen LogP contribution is -2.00. The topological polar surface area (TPSA) is 49.0 Å². The minimum atomic E-state index is 0.380. The molecule has 2 aromatic carbocycles. The molecule has 0 saturated heterocycles. The quantitative estimate of drug-likeness (QED) is 0.768. The van der Waals surface area contributed by atoms with Gasteiger partial charge in [0, 0.05) is 23.2 Å². The third kappa shape index (κ3) is 2.24. The predicted octanol–water partition coefficient (Wildman–Crippen LogP) is 4.23. The van der Waals surface area contributed by atoms with Crippen molar-refractivity contribution in [3.05, 3.63) is 65.4 Å². The van der Waals surface area contributed by atoms with Gasteiger partial charge in [-0.1, -0.05) is 35.9 Å². The van der Waals surface area contributed by atoms with Crippen LogP contribution >= 0.6 is 0 Å². The Morgan fingerprint density at radius 3 is 2.60 bits per heavy atom. The minimum Gasteiger partial charge on any atom is -0.445 e. The van der Waals surface area contributed by atoms with E-state index < -0.39 is 0 Å². The molecule has 1 N–H and O–H groups in total. The summed E-state index contributed by atoms with van der Waals surface area (Å²) in [6, 6.07) is 18.0. The molecule has 3 rings (SSSR count). The molecular formula is C17H14N2O. The lowest BCUT2D eigenvalue weighted by atomic mass is 10.1. The number of aryl methyl sites for hydroxylation is 1. The summed E-state index contributed by atoms with van der Waals surface area (Å²) in [5, 5.41) is 13.5. The van der Waals surface area contributed by atoms with Crippen LogP contribution in [0.1, 0.15) is 16.9 Å². The zero-order valence-electron chi connectivity index (χ0n) is 11.2. The van der Waals surface area contributed by atoms with Crippen molar-refractivity contribution in [2.24, 2.45) is 0 Å². The highest BCUT2D eigenvalue weighted by molar-refractivity contribution is 5.83. The first-order chi connectivity index (χ1) is 9.78. The van der Waals surface area contributed by atoms with E-state index in [1.54, 1.807) is 0 Å². The second kappa shape index (κ2) is 5.10. The first-order valence-electron chi connectivity index (χ1n) is 6.49.